The van der Waals surface area contributed by atoms with E-state index in [4.69, 9.17) is 4.74 Å². The molecule has 0 radical (unpaired) electrons. The van der Waals surface area contributed by atoms with Crippen molar-refractivity contribution < 1.29 is 4.74 Å². The van der Waals surface area contributed by atoms with E-state index in [0.717, 1.165) is 42.8 Å². The number of piperazine rings is 1. The highest BCUT2D eigenvalue weighted by atomic mass is 79.9. The Balaban J connectivity index is 1.52. The number of ether oxygens (including phenoxy) is 1. The molecule has 1 atom stereocenters. The van der Waals surface area contributed by atoms with Gasteiger partial charge in [-0.15, -0.1) is 0 Å². The lowest BCUT2D eigenvalue weighted by Gasteiger charge is -2.31. The summed E-state index contributed by atoms with van der Waals surface area (Å²) in [5, 5.41) is 3.49. The van der Waals surface area contributed by atoms with Crippen molar-refractivity contribution in [2.75, 3.05) is 26.2 Å². The minimum absolute atomic E-state index is 0.595. The molecule has 2 aromatic carbocycles. The zero-order valence-corrected chi connectivity index (χ0v) is 15.8. The van der Waals surface area contributed by atoms with Crippen molar-refractivity contribution in [1.82, 2.24) is 10.2 Å². The van der Waals surface area contributed by atoms with Crippen LogP contribution in [-0.4, -0.2) is 37.1 Å². The summed E-state index contributed by atoms with van der Waals surface area (Å²) in [6.45, 7) is 7.34. The Morgan fingerprint density at radius 2 is 2.00 bits per heavy atom. The van der Waals surface area contributed by atoms with E-state index in [9.17, 15) is 0 Å². The van der Waals surface area contributed by atoms with E-state index in [1.165, 1.54) is 11.1 Å². The van der Waals surface area contributed by atoms with Gasteiger partial charge in [-0.05, 0) is 52.5 Å². The lowest BCUT2D eigenvalue weighted by molar-refractivity contribution is 0.209. The van der Waals surface area contributed by atoms with E-state index in [2.05, 4.69) is 63.4 Å². The van der Waals surface area contributed by atoms with Gasteiger partial charge in [-0.25, -0.2) is 0 Å². The Kier molecular flexibility index (Phi) is 6.30. The maximum Gasteiger partial charge on any atom is 0.134 e. The molecule has 4 heteroatoms. The lowest BCUT2D eigenvalue weighted by Crippen LogP contribution is -2.49. The van der Waals surface area contributed by atoms with Gasteiger partial charge in [-0.3, -0.25) is 0 Å². The van der Waals surface area contributed by atoms with Crippen LogP contribution in [0.3, 0.4) is 0 Å². The highest BCUT2D eigenvalue weighted by molar-refractivity contribution is 9.10. The second-order valence-electron chi connectivity index (χ2n) is 6.44. The summed E-state index contributed by atoms with van der Waals surface area (Å²) in [6, 6.07) is 17.3. The number of halogens is 1. The predicted octanol–water partition coefficient (Wildman–Crippen LogP) is 3.86. The van der Waals surface area contributed by atoms with Gasteiger partial charge in [-0.1, -0.05) is 36.4 Å². The summed E-state index contributed by atoms with van der Waals surface area (Å²) in [5.74, 6) is 0.901. The largest absolute Gasteiger partial charge is 0.488 e. The molecule has 1 N–H and O–H groups in total. The van der Waals surface area contributed by atoms with Gasteiger partial charge in [-0.2, -0.15) is 0 Å². The second-order valence-corrected chi connectivity index (χ2v) is 7.30. The van der Waals surface area contributed by atoms with E-state index in [1.807, 2.05) is 18.2 Å². The smallest absolute Gasteiger partial charge is 0.134 e. The molecule has 128 valence electrons. The fraction of sp³-hybridized carbons (Fsp3) is 0.400. The van der Waals surface area contributed by atoms with Gasteiger partial charge in [0, 0.05) is 32.2 Å². The molecule has 0 unspecified atom stereocenters. The first-order chi connectivity index (χ1) is 11.7. The molecule has 1 aliphatic rings. The molecule has 3 rings (SSSR count). The number of hydrogen-bond acceptors (Lipinski definition) is 3. The summed E-state index contributed by atoms with van der Waals surface area (Å²) >= 11 is 3.65. The zero-order chi connectivity index (χ0) is 16.8. The first kappa shape index (κ1) is 17.5. The molecule has 0 saturated carbocycles. The van der Waals surface area contributed by atoms with Crippen molar-refractivity contribution in [3.63, 3.8) is 0 Å². The topological polar surface area (TPSA) is 24.5 Å². The number of rotatable bonds is 6. The fourth-order valence-electron chi connectivity index (χ4n) is 3.05. The van der Waals surface area contributed by atoms with Gasteiger partial charge in [0.1, 0.15) is 12.4 Å². The quantitative estimate of drug-likeness (QED) is 0.812. The molecule has 0 aromatic heterocycles. The van der Waals surface area contributed by atoms with Crippen LogP contribution < -0.4 is 10.1 Å². The van der Waals surface area contributed by atoms with Crippen LogP contribution in [-0.2, 0) is 13.0 Å². The van der Waals surface area contributed by atoms with Crippen molar-refractivity contribution in [1.29, 1.82) is 0 Å². The normalized spacial score (nSPS) is 18.5. The molecule has 0 bridgehead atoms. The van der Waals surface area contributed by atoms with Gasteiger partial charge in [0.05, 0.1) is 4.47 Å². The minimum Gasteiger partial charge on any atom is -0.488 e. The Morgan fingerprint density at radius 1 is 1.17 bits per heavy atom. The van der Waals surface area contributed by atoms with Gasteiger partial charge < -0.3 is 15.0 Å². The van der Waals surface area contributed by atoms with Gasteiger partial charge in [0.15, 0.2) is 0 Å². The van der Waals surface area contributed by atoms with Crippen LogP contribution in [0.1, 0.15) is 18.1 Å². The Bertz CT molecular complexity index is 647. The number of benzene rings is 2. The third-order valence-corrected chi connectivity index (χ3v) is 5.02. The second kappa shape index (κ2) is 8.65. The Hall–Kier alpha value is -1.36. The van der Waals surface area contributed by atoms with E-state index >= 15 is 0 Å². The molecule has 1 aliphatic heterocycles. The highest BCUT2D eigenvalue weighted by Gasteiger charge is 2.15. The third-order valence-electron chi connectivity index (χ3n) is 4.40. The molecule has 1 saturated heterocycles. The van der Waals surface area contributed by atoms with Crippen LogP contribution in [0, 0.1) is 0 Å². The Morgan fingerprint density at radius 3 is 2.75 bits per heavy atom. The van der Waals surface area contributed by atoms with Crippen LogP contribution in [0.4, 0.5) is 0 Å². The first-order valence-corrected chi connectivity index (χ1v) is 9.41. The molecule has 1 heterocycles. The summed E-state index contributed by atoms with van der Waals surface area (Å²) in [5.41, 5.74) is 2.53. The van der Waals surface area contributed by atoms with Crippen LogP contribution in [0.15, 0.2) is 53.0 Å². The monoisotopic (exact) mass is 388 g/mol. The standard InChI is InChI=1S/C20H25BrN2O/c1-16-14-23(12-10-22-16)11-9-17-7-8-20(19(21)13-17)24-15-18-5-3-2-4-6-18/h2-8,13,16,22H,9-12,14-15H2,1H3/t16-/m0/s1. The molecule has 0 spiro atoms. The molecule has 1 fully saturated rings. The molecule has 0 aliphatic carbocycles. The van der Waals surface area contributed by atoms with Crippen LogP contribution in [0.25, 0.3) is 0 Å². The molecule has 3 nitrogen and oxygen atoms in total. The molecular weight excluding hydrogens is 364 g/mol. The van der Waals surface area contributed by atoms with E-state index < -0.39 is 0 Å². The van der Waals surface area contributed by atoms with Crippen molar-refractivity contribution in [3.8, 4) is 5.75 Å². The maximum absolute atomic E-state index is 5.92. The van der Waals surface area contributed by atoms with Crippen molar-refractivity contribution in [3.05, 3.63) is 64.1 Å². The Labute approximate surface area is 153 Å². The van der Waals surface area contributed by atoms with E-state index in [-0.39, 0.29) is 0 Å². The average Bonchev–Trinajstić information content (AvgIpc) is 2.60. The first-order valence-electron chi connectivity index (χ1n) is 8.61. The molecular formula is C20H25BrN2O. The summed E-state index contributed by atoms with van der Waals surface area (Å²) in [4.78, 5) is 2.54. The maximum atomic E-state index is 5.92. The molecule has 2 aromatic rings. The van der Waals surface area contributed by atoms with Gasteiger partial charge in [0.2, 0.25) is 0 Å². The van der Waals surface area contributed by atoms with Gasteiger partial charge in [0.25, 0.3) is 0 Å². The van der Waals surface area contributed by atoms with Crippen LogP contribution in [0.2, 0.25) is 0 Å². The molecule has 24 heavy (non-hydrogen) atoms. The summed E-state index contributed by atoms with van der Waals surface area (Å²) in [6.07, 6.45) is 1.07. The summed E-state index contributed by atoms with van der Waals surface area (Å²) in [7, 11) is 0. The average molecular weight is 389 g/mol. The number of nitrogens with zero attached hydrogens (tertiary/aromatic N) is 1. The van der Waals surface area contributed by atoms with Gasteiger partial charge >= 0.3 is 0 Å². The van der Waals surface area contributed by atoms with Crippen molar-refractivity contribution in [2.24, 2.45) is 0 Å². The van der Waals surface area contributed by atoms with Crippen molar-refractivity contribution in [2.45, 2.75) is 26.0 Å². The van der Waals surface area contributed by atoms with Crippen LogP contribution >= 0.6 is 15.9 Å². The minimum atomic E-state index is 0.595. The fourth-order valence-corrected chi connectivity index (χ4v) is 3.60. The SMILES string of the molecule is C[C@H]1CN(CCc2ccc(OCc3ccccc3)c(Br)c2)CCN1. The lowest BCUT2D eigenvalue weighted by atomic mass is 10.1. The third kappa shape index (κ3) is 5.07. The van der Waals surface area contributed by atoms with E-state index in [1.54, 1.807) is 0 Å². The highest BCUT2D eigenvalue weighted by Crippen LogP contribution is 2.27. The number of nitrogens with one attached hydrogen (secondary N) is 1. The predicted molar refractivity (Wildman–Crippen MR) is 103 cm³/mol. The molecule has 0 amide bonds. The van der Waals surface area contributed by atoms with Crippen LogP contribution in [0.5, 0.6) is 5.75 Å². The van der Waals surface area contributed by atoms with Crippen molar-refractivity contribution >= 4 is 15.9 Å². The summed E-state index contributed by atoms with van der Waals surface area (Å²) < 4.78 is 6.95. The number of hydrogen-bond donors (Lipinski definition) is 1. The van der Waals surface area contributed by atoms with E-state index in [0.29, 0.717) is 12.6 Å². The zero-order valence-electron chi connectivity index (χ0n) is 14.2.